The number of carbonyl (C=O) groups excluding carboxylic acids is 2. The molecule has 2 aromatic carbocycles. The molecular formula is C24H27NO4. The van der Waals surface area contributed by atoms with E-state index in [0.29, 0.717) is 12.2 Å². The summed E-state index contributed by atoms with van der Waals surface area (Å²) in [7, 11) is 0. The molecule has 1 heterocycles. The fourth-order valence-corrected chi connectivity index (χ4v) is 4.49. The molecule has 5 nitrogen and oxygen atoms in total. The Morgan fingerprint density at radius 2 is 1.59 bits per heavy atom. The first-order chi connectivity index (χ1) is 14.1. The number of aliphatic hydroxyl groups is 1. The van der Waals surface area contributed by atoms with Gasteiger partial charge >= 0.3 is 0 Å². The molecule has 0 radical (unpaired) electrons. The first-order valence-electron chi connectivity index (χ1n) is 10.4. The fourth-order valence-electron chi connectivity index (χ4n) is 4.49. The summed E-state index contributed by atoms with van der Waals surface area (Å²) in [6, 6.07) is 17.7. The van der Waals surface area contributed by atoms with E-state index in [2.05, 4.69) is 0 Å². The van der Waals surface area contributed by atoms with Gasteiger partial charge in [0.1, 0.15) is 18.5 Å². The summed E-state index contributed by atoms with van der Waals surface area (Å²) in [5, 5.41) is 10.4. The van der Waals surface area contributed by atoms with Gasteiger partial charge in [0.15, 0.2) is 0 Å². The van der Waals surface area contributed by atoms with Crippen molar-refractivity contribution in [3.8, 4) is 16.9 Å². The third kappa shape index (κ3) is 4.20. The van der Waals surface area contributed by atoms with Gasteiger partial charge in [0.25, 0.3) is 0 Å². The maximum absolute atomic E-state index is 12.8. The van der Waals surface area contributed by atoms with Crippen molar-refractivity contribution in [1.29, 1.82) is 0 Å². The van der Waals surface area contributed by atoms with Crippen LogP contribution in [0, 0.1) is 5.41 Å². The van der Waals surface area contributed by atoms with E-state index in [0.717, 1.165) is 43.2 Å². The number of ether oxygens (including phenoxy) is 1. The molecule has 1 aliphatic heterocycles. The van der Waals surface area contributed by atoms with Crippen LogP contribution in [0.1, 0.15) is 38.5 Å². The first-order valence-corrected chi connectivity index (χ1v) is 10.4. The molecular weight excluding hydrogens is 366 g/mol. The number of nitrogens with zero attached hydrogens (tertiary/aromatic N) is 1. The molecule has 2 aromatic rings. The first kappa shape index (κ1) is 19.6. The SMILES string of the molecule is O=C1CC2(CCCCC2)C(=O)N1CC(O)COc1ccc(-c2ccccc2)cc1. The van der Waals surface area contributed by atoms with Crippen molar-refractivity contribution in [1.82, 2.24) is 4.90 Å². The minimum atomic E-state index is -0.907. The molecule has 1 saturated carbocycles. The topological polar surface area (TPSA) is 66.8 Å². The highest BCUT2D eigenvalue weighted by atomic mass is 16.5. The lowest BCUT2D eigenvalue weighted by molar-refractivity contribution is -0.144. The van der Waals surface area contributed by atoms with Crippen LogP contribution in [0.15, 0.2) is 54.6 Å². The van der Waals surface area contributed by atoms with E-state index in [4.69, 9.17) is 4.74 Å². The van der Waals surface area contributed by atoms with Crippen LogP contribution >= 0.6 is 0 Å². The maximum Gasteiger partial charge on any atom is 0.235 e. The second kappa shape index (κ2) is 8.37. The second-order valence-corrected chi connectivity index (χ2v) is 8.18. The third-order valence-electron chi connectivity index (χ3n) is 6.10. The van der Waals surface area contributed by atoms with E-state index < -0.39 is 11.5 Å². The van der Waals surface area contributed by atoms with E-state index in [-0.39, 0.29) is 25.0 Å². The number of likely N-dealkylation sites (tertiary alicyclic amines) is 1. The number of hydrogen-bond donors (Lipinski definition) is 1. The van der Waals surface area contributed by atoms with Crippen molar-refractivity contribution in [2.24, 2.45) is 5.41 Å². The van der Waals surface area contributed by atoms with Crippen molar-refractivity contribution in [3.05, 3.63) is 54.6 Å². The van der Waals surface area contributed by atoms with Crippen LogP contribution in [0.5, 0.6) is 5.75 Å². The van der Waals surface area contributed by atoms with Gasteiger partial charge in [0.05, 0.1) is 12.0 Å². The Balaban J connectivity index is 1.31. The summed E-state index contributed by atoms with van der Waals surface area (Å²) < 4.78 is 5.68. The van der Waals surface area contributed by atoms with Crippen LogP contribution in [0.2, 0.25) is 0 Å². The predicted molar refractivity (Wildman–Crippen MR) is 110 cm³/mol. The number of benzene rings is 2. The summed E-state index contributed by atoms with van der Waals surface area (Å²) in [4.78, 5) is 26.5. The van der Waals surface area contributed by atoms with E-state index in [1.54, 1.807) is 0 Å². The summed E-state index contributed by atoms with van der Waals surface area (Å²) in [6.07, 6.45) is 4.08. The molecule has 1 saturated heterocycles. The quantitative estimate of drug-likeness (QED) is 0.758. The van der Waals surface area contributed by atoms with E-state index >= 15 is 0 Å². The number of amides is 2. The van der Waals surface area contributed by atoms with Gasteiger partial charge in [-0.05, 0) is 36.1 Å². The summed E-state index contributed by atoms with van der Waals surface area (Å²) in [6.45, 7) is 0.0380. The molecule has 0 aromatic heterocycles. The molecule has 0 bridgehead atoms. The van der Waals surface area contributed by atoms with Gasteiger partial charge in [-0.1, -0.05) is 61.7 Å². The number of hydrogen-bond acceptors (Lipinski definition) is 4. The second-order valence-electron chi connectivity index (χ2n) is 8.18. The smallest absolute Gasteiger partial charge is 0.235 e. The molecule has 1 N–H and O–H groups in total. The standard InChI is InChI=1S/C24H27NO4/c26-20(16-25-22(27)15-24(23(25)28)13-5-2-6-14-24)17-29-21-11-9-19(10-12-21)18-7-3-1-4-8-18/h1,3-4,7-12,20,26H,2,5-6,13-17H2. The highest BCUT2D eigenvalue weighted by Crippen LogP contribution is 2.45. The molecule has 1 unspecified atom stereocenters. The van der Waals surface area contributed by atoms with Gasteiger partial charge in [0.2, 0.25) is 11.8 Å². The van der Waals surface area contributed by atoms with Gasteiger partial charge in [0, 0.05) is 6.42 Å². The summed E-state index contributed by atoms with van der Waals surface area (Å²) in [5.74, 6) is 0.378. The molecule has 1 atom stereocenters. The van der Waals surface area contributed by atoms with Crippen LogP contribution in [-0.4, -0.2) is 41.1 Å². The normalized spacial score (nSPS) is 19.6. The van der Waals surface area contributed by atoms with E-state index in [9.17, 15) is 14.7 Å². The molecule has 1 aliphatic carbocycles. The number of rotatable bonds is 6. The number of imide groups is 1. The molecule has 2 aliphatic rings. The minimum Gasteiger partial charge on any atom is -0.491 e. The molecule has 2 amide bonds. The Morgan fingerprint density at radius 3 is 2.28 bits per heavy atom. The summed E-state index contributed by atoms with van der Waals surface area (Å²) in [5.41, 5.74) is 1.70. The zero-order chi connectivity index (χ0) is 20.3. The zero-order valence-corrected chi connectivity index (χ0v) is 16.5. The van der Waals surface area contributed by atoms with Gasteiger partial charge in [-0.25, -0.2) is 0 Å². The minimum absolute atomic E-state index is 0.00150. The van der Waals surface area contributed by atoms with Crippen LogP contribution in [0.3, 0.4) is 0 Å². The molecule has 152 valence electrons. The Hall–Kier alpha value is -2.66. The Kier molecular flexibility index (Phi) is 5.67. The van der Waals surface area contributed by atoms with Gasteiger partial charge in [-0.3, -0.25) is 14.5 Å². The molecule has 4 rings (SSSR count). The van der Waals surface area contributed by atoms with Gasteiger partial charge in [-0.2, -0.15) is 0 Å². The number of aliphatic hydroxyl groups excluding tert-OH is 1. The Labute approximate surface area is 171 Å². The lowest BCUT2D eigenvalue weighted by Gasteiger charge is -2.30. The average Bonchev–Trinajstić information content (AvgIpc) is 2.97. The van der Waals surface area contributed by atoms with Crippen molar-refractivity contribution in [3.63, 3.8) is 0 Å². The lowest BCUT2D eigenvalue weighted by atomic mass is 9.73. The molecule has 29 heavy (non-hydrogen) atoms. The highest BCUT2D eigenvalue weighted by Gasteiger charge is 2.51. The van der Waals surface area contributed by atoms with Crippen LogP contribution < -0.4 is 4.74 Å². The average molecular weight is 393 g/mol. The van der Waals surface area contributed by atoms with Crippen molar-refractivity contribution in [2.75, 3.05) is 13.2 Å². The zero-order valence-electron chi connectivity index (χ0n) is 16.5. The van der Waals surface area contributed by atoms with E-state index in [1.165, 1.54) is 4.90 Å². The van der Waals surface area contributed by atoms with Crippen molar-refractivity contribution >= 4 is 11.8 Å². The molecule has 2 fully saturated rings. The monoisotopic (exact) mass is 393 g/mol. The maximum atomic E-state index is 12.8. The number of carbonyl (C=O) groups is 2. The van der Waals surface area contributed by atoms with Crippen LogP contribution in [0.25, 0.3) is 11.1 Å². The summed E-state index contributed by atoms with van der Waals surface area (Å²) >= 11 is 0. The lowest BCUT2D eigenvalue weighted by Crippen LogP contribution is -2.42. The predicted octanol–water partition coefficient (Wildman–Crippen LogP) is 3.80. The Bertz CT molecular complexity index is 856. The van der Waals surface area contributed by atoms with Crippen LogP contribution in [-0.2, 0) is 9.59 Å². The highest BCUT2D eigenvalue weighted by molar-refractivity contribution is 6.06. The van der Waals surface area contributed by atoms with Crippen LogP contribution in [0.4, 0.5) is 0 Å². The van der Waals surface area contributed by atoms with Gasteiger partial charge < -0.3 is 9.84 Å². The van der Waals surface area contributed by atoms with E-state index in [1.807, 2.05) is 54.6 Å². The Morgan fingerprint density at radius 1 is 0.931 bits per heavy atom. The van der Waals surface area contributed by atoms with Gasteiger partial charge in [-0.15, -0.1) is 0 Å². The molecule has 1 spiro atoms. The van der Waals surface area contributed by atoms with Crippen molar-refractivity contribution < 1.29 is 19.4 Å². The number of β-amino-alcohol motifs (C(OH)–C–C–N with tert-alkyl or cyclic N) is 1. The fraction of sp³-hybridized carbons (Fsp3) is 0.417. The largest absolute Gasteiger partial charge is 0.491 e. The van der Waals surface area contributed by atoms with Crippen molar-refractivity contribution in [2.45, 2.75) is 44.6 Å². The molecule has 5 heteroatoms. The third-order valence-corrected chi connectivity index (χ3v) is 6.10.